The van der Waals surface area contributed by atoms with E-state index < -0.39 is 18.1 Å². The summed E-state index contributed by atoms with van der Waals surface area (Å²) in [5.41, 5.74) is 0.826. The fourth-order valence-corrected chi connectivity index (χ4v) is 2.31. The quantitative estimate of drug-likeness (QED) is 0.874. The maximum Gasteiger partial charge on any atom is 0.406 e. The van der Waals surface area contributed by atoms with Crippen LogP contribution in [0, 0.1) is 6.92 Å². The van der Waals surface area contributed by atoms with Gasteiger partial charge in [0.1, 0.15) is 0 Å². The number of carbonyl (C=O) groups excluding carboxylic acids is 1. The van der Waals surface area contributed by atoms with Crippen molar-refractivity contribution in [2.24, 2.45) is 0 Å². The Morgan fingerprint density at radius 3 is 2.60 bits per heavy atom. The average Bonchev–Trinajstić information content (AvgIpc) is 2.65. The molecule has 0 saturated carbocycles. The van der Waals surface area contributed by atoms with Crippen LogP contribution < -0.4 is 0 Å². The van der Waals surface area contributed by atoms with Gasteiger partial charge in [0.05, 0.1) is 6.61 Å². The molecule has 108 valence electrons. The number of nitrogens with one attached hydrogen (secondary N) is 1. The maximum atomic E-state index is 13.3. The number of hydrogen-bond donors (Lipinski definition) is 1. The number of aromatic nitrogens is 1. The monoisotopic (exact) mass is 285 g/mol. The van der Waals surface area contributed by atoms with Crippen molar-refractivity contribution in [2.75, 3.05) is 6.61 Å². The van der Waals surface area contributed by atoms with E-state index in [9.17, 15) is 18.0 Å². The summed E-state index contributed by atoms with van der Waals surface area (Å²) in [6, 6.07) is 6.59. The number of rotatable bonds is 3. The van der Waals surface area contributed by atoms with E-state index in [2.05, 4.69) is 9.72 Å². The highest BCUT2D eigenvalue weighted by molar-refractivity contribution is 5.91. The lowest BCUT2D eigenvalue weighted by molar-refractivity contribution is -0.180. The van der Waals surface area contributed by atoms with Gasteiger partial charge in [-0.3, -0.25) is 4.79 Å². The summed E-state index contributed by atoms with van der Waals surface area (Å²) in [5, 5.41) is 0.389. The number of ether oxygens (including phenoxy) is 1. The number of hydrogen-bond acceptors (Lipinski definition) is 2. The molecule has 0 saturated heterocycles. The van der Waals surface area contributed by atoms with Gasteiger partial charge in [0, 0.05) is 22.2 Å². The van der Waals surface area contributed by atoms with Gasteiger partial charge in [-0.05, 0) is 19.9 Å². The molecule has 1 aromatic heterocycles. The van der Waals surface area contributed by atoms with Gasteiger partial charge in [0.2, 0.25) is 0 Å². The van der Waals surface area contributed by atoms with E-state index in [1.807, 2.05) is 0 Å². The summed E-state index contributed by atoms with van der Waals surface area (Å²) < 4.78 is 44.3. The lowest BCUT2D eigenvalue weighted by atomic mass is 9.95. The molecule has 2 aromatic rings. The Bertz CT molecular complexity index is 631. The zero-order chi connectivity index (χ0) is 14.9. The summed E-state index contributed by atoms with van der Waals surface area (Å²) in [4.78, 5) is 14.6. The first-order valence-electron chi connectivity index (χ1n) is 6.16. The van der Waals surface area contributed by atoms with Gasteiger partial charge < -0.3 is 9.72 Å². The fraction of sp³-hybridized carbons (Fsp3) is 0.357. The average molecular weight is 285 g/mol. The predicted octanol–water partition coefficient (Wildman–Crippen LogP) is 3.69. The molecule has 2 rings (SSSR count). The zero-order valence-corrected chi connectivity index (χ0v) is 11.0. The molecule has 0 aliphatic heterocycles. The number of para-hydroxylation sites is 1. The highest BCUT2D eigenvalue weighted by Crippen LogP contribution is 2.40. The van der Waals surface area contributed by atoms with Gasteiger partial charge in [0.15, 0.2) is 5.92 Å². The van der Waals surface area contributed by atoms with Crippen molar-refractivity contribution in [1.82, 2.24) is 4.98 Å². The first-order chi connectivity index (χ1) is 9.36. The Kier molecular flexibility index (Phi) is 3.74. The highest BCUT2D eigenvalue weighted by Gasteiger charge is 2.48. The molecule has 1 aromatic carbocycles. The van der Waals surface area contributed by atoms with Crippen molar-refractivity contribution >= 4 is 16.9 Å². The Hall–Kier alpha value is -1.98. The van der Waals surface area contributed by atoms with Gasteiger partial charge in [0.25, 0.3) is 0 Å². The summed E-state index contributed by atoms with van der Waals surface area (Å²) in [6.45, 7) is 2.91. The molecule has 1 heterocycles. The molecule has 6 heteroatoms. The maximum absolute atomic E-state index is 13.3. The van der Waals surface area contributed by atoms with Gasteiger partial charge in [-0.25, -0.2) is 0 Å². The van der Waals surface area contributed by atoms with Crippen molar-refractivity contribution in [1.29, 1.82) is 0 Å². The number of benzene rings is 1. The molecule has 1 N–H and O–H groups in total. The Balaban J connectivity index is 2.62. The summed E-state index contributed by atoms with van der Waals surface area (Å²) in [7, 11) is 0. The first kappa shape index (κ1) is 14.4. The Morgan fingerprint density at radius 1 is 1.35 bits per heavy atom. The van der Waals surface area contributed by atoms with E-state index in [-0.39, 0.29) is 12.2 Å². The molecule has 0 spiro atoms. The summed E-state index contributed by atoms with van der Waals surface area (Å²) in [5.74, 6) is -3.54. The van der Waals surface area contributed by atoms with Gasteiger partial charge in [-0.15, -0.1) is 0 Å². The lowest BCUT2D eigenvalue weighted by Gasteiger charge is -2.19. The van der Waals surface area contributed by atoms with Crippen LogP contribution in [0.5, 0.6) is 0 Å². The van der Waals surface area contributed by atoms with Crippen molar-refractivity contribution in [3.63, 3.8) is 0 Å². The van der Waals surface area contributed by atoms with Crippen LogP contribution in [-0.2, 0) is 9.53 Å². The van der Waals surface area contributed by atoms with Crippen molar-refractivity contribution in [3.8, 4) is 0 Å². The van der Waals surface area contributed by atoms with E-state index >= 15 is 0 Å². The van der Waals surface area contributed by atoms with Gasteiger partial charge in [-0.2, -0.15) is 13.2 Å². The second kappa shape index (κ2) is 5.19. The standard InChI is InChI=1S/C14H14F3NO2/c1-3-20-13(19)12(14(15,16)17)11-8(2)18-10-7-5-4-6-9(10)11/h4-7,12,18H,3H2,1-2H3. The number of aryl methyl sites for hydroxylation is 1. The second-order valence-corrected chi connectivity index (χ2v) is 4.44. The smallest absolute Gasteiger partial charge is 0.406 e. The van der Waals surface area contributed by atoms with Crippen LogP contribution in [0.4, 0.5) is 13.2 Å². The molecule has 0 aliphatic carbocycles. The van der Waals surface area contributed by atoms with Crippen LogP contribution in [0.3, 0.4) is 0 Å². The SMILES string of the molecule is CCOC(=O)C(c1c(C)[nH]c2ccccc12)C(F)(F)F. The molecule has 3 nitrogen and oxygen atoms in total. The molecule has 1 atom stereocenters. The third-order valence-electron chi connectivity index (χ3n) is 3.08. The highest BCUT2D eigenvalue weighted by atomic mass is 19.4. The molecular weight excluding hydrogens is 271 g/mol. The van der Waals surface area contributed by atoms with Crippen LogP contribution in [0.25, 0.3) is 10.9 Å². The van der Waals surface area contributed by atoms with Crippen molar-refractivity contribution in [3.05, 3.63) is 35.5 Å². The molecule has 0 radical (unpaired) electrons. The molecule has 0 amide bonds. The number of H-pyrrole nitrogens is 1. The summed E-state index contributed by atoms with van der Waals surface area (Å²) >= 11 is 0. The van der Waals surface area contributed by atoms with E-state index in [4.69, 9.17) is 0 Å². The summed E-state index contributed by atoms with van der Waals surface area (Å²) in [6.07, 6.45) is -4.69. The number of halogens is 3. The topological polar surface area (TPSA) is 42.1 Å². The minimum atomic E-state index is -4.69. The van der Waals surface area contributed by atoms with Crippen molar-refractivity contribution in [2.45, 2.75) is 25.9 Å². The zero-order valence-electron chi connectivity index (χ0n) is 11.0. The largest absolute Gasteiger partial charge is 0.465 e. The molecular formula is C14H14F3NO2. The number of esters is 1. The fourth-order valence-electron chi connectivity index (χ4n) is 2.31. The third kappa shape index (κ3) is 2.50. The Labute approximate surface area is 113 Å². The molecule has 1 unspecified atom stereocenters. The molecule has 0 aliphatic rings. The normalized spacial score (nSPS) is 13.4. The van der Waals surface area contributed by atoms with E-state index in [1.54, 1.807) is 24.3 Å². The van der Waals surface area contributed by atoms with Crippen LogP contribution in [0.15, 0.2) is 24.3 Å². The van der Waals surface area contributed by atoms with Crippen LogP contribution in [0.1, 0.15) is 24.1 Å². The number of fused-ring (bicyclic) bond motifs is 1. The molecule has 0 bridgehead atoms. The van der Waals surface area contributed by atoms with Crippen molar-refractivity contribution < 1.29 is 22.7 Å². The second-order valence-electron chi connectivity index (χ2n) is 4.44. The third-order valence-corrected chi connectivity index (χ3v) is 3.08. The van der Waals surface area contributed by atoms with Gasteiger partial charge >= 0.3 is 12.1 Å². The van der Waals surface area contributed by atoms with E-state index in [0.717, 1.165) is 0 Å². The number of carbonyl (C=O) groups is 1. The lowest BCUT2D eigenvalue weighted by Crippen LogP contribution is -2.30. The number of alkyl halides is 3. The van der Waals surface area contributed by atoms with E-state index in [0.29, 0.717) is 16.6 Å². The minimum absolute atomic E-state index is 0.0634. The minimum Gasteiger partial charge on any atom is -0.465 e. The van der Waals surface area contributed by atoms with E-state index in [1.165, 1.54) is 13.8 Å². The number of aromatic amines is 1. The molecule has 20 heavy (non-hydrogen) atoms. The van der Waals surface area contributed by atoms with Crippen LogP contribution in [0.2, 0.25) is 0 Å². The Morgan fingerprint density at radius 2 is 2.00 bits per heavy atom. The van der Waals surface area contributed by atoms with Gasteiger partial charge in [-0.1, -0.05) is 18.2 Å². The predicted molar refractivity (Wildman–Crippen MR) is 68.5 cm³/mol. The van der Waals surface area contributed by atoms with Crippen LogP contribution in [-0.4, -0.2) is 23.7 Å². The van der Waals surface area contributed by atoms with Crippen LogP contribution >= 0.6 is 0 Å². The molecule has 0 fully saturated rings. The first-order valence-corrected chi connectivity index (χ1v) is 6.16.